The molecule has 2 aromatic carbocycles. The molecule has 0 aliphatic heterocycles. The number of primary amides is 1. The molecule has 1 fully saturated rings. The molecule has 0 bridgehead atoms. The summed E-state index contributed by atoms with van der Waals surface area (Å²) in [6.07, 6.45) is 3.54. The van der Waals surface area contributed by atoms with Gasteiger partial charge in [-0.3, -0.25) is 14.4 Å². The van der Waals surface area contributed by atoms with Gasteiger partial charge in [0.1, 0.15) is 11.4 Å². The molecule has 6 N–H and O–H groups in total. The Hall–Kier alpha value is -4.07. The zero-order valence-electron chi connectivity index (χ0n) is 24.5. The molecule has 43 heavy (non-hydrogen) atoms. The van der Waals surface area contributed by atoms with Crippen LogP contribution in [-0.4, -0.2) is 51.3 Å². The summed E-state index contributed by atoms with van der Waals surface area (Å²) in [4.78, 5) is 42.9. The topological polar surface area (TPSA) is 172 Å². The van der Waals surface area contributed by atoms with Crippen molar-refractivity contribution >= 4 is 44.2 Å². The molecule has 1 aromatic heterocycles. The highest BCUT2D eigenvalue weighted by atomic mass is 32.2. The maximum Gasteiger partial charge on any atom is 0.276 e. The zero-order valence-corrected chi connectivity index (χ0v) is 26.1. The number of benzene rings is 2. The van der Waals surface area contributed by atoms with Crippen molar-refractivity contribution in [1.82, 2.24) is 20.3 Å². The number of hydrogen-bond acceptors (Lipinski definition) is 8. The molecule has 11 nitrogen and oxygen atoms in total. The van der Waals surface area contributed by atoms with Crippen LogP contribution in [0, 0.1) is 5.92 Å². The van der Waals surface area contributed by atoms with Gasteiger partial charge in [0.25, 0.3) is 11.8 Å². The van der Waals surface area contributed by atoms with Crippen LogP contribution in [0.1, 0.15) is 60.0 Å². The Morgan fingerprint density at radius 2 is 1.67 bits per heavy atom. The van der Waals surface area contributed by atoms with Gasteiger partial charge in [0.05, 0.1) is 9.77 Å². The molecule has 1 aliphatic rings. The standard InChI is InChI=1S/C30H36N6O5S2/c1-30(2,3)21-11-7-19(8-12-21)25-24(36-29(32-4)42-25)28(39)35-23(17-18-5-6-18)27(38)33-15-16-34-43(40,41)22-13-9-20(10-14-22)26(31)37/h7-14,17-18,34H,5-6,15-16H2,1-4H3,(H2,31,37)(H,32,36)(H,33,38)(H,35,39)/b23-17+. The summed E-state index contributed by atoms with van der Waals surface area (Å²) in [7, 11) is -2.15. The molecular formula is C30H36N6O5S2. The number of nitrogens with two attached hydrogens (primary N) is 1. The molecule has 4 rings (SSSR count). The van der Waals surface area contributed by atoms with Gasteiger partial charge in [-0.1, -0.05) is 62.4 Å². The number of carbonyl (C=O) groups excluding carboxylic acids is 3. The Kier molecular flexibility index (Phi) is 9.68. The minimum Gasteiger partial charge on any atom is -0.366 e. The number of amides is 3. The molecule has 3 aromatic rings. The molecule has 228 valence electrons. The molecule has 3 amide bonds. The van der Waals surface area contributed by atoms with E-state index in [9.17, 15) is 22.8 Å². The van der Waals surface area contributed by atoms with Crippen LogP contribution in [0.15, 0.2) is 65.2 Å². The number of rotatable bonds is 12. The molecule has 1 heterocycles. The summed E-state index contributed by atoms with van der Waals surface area (Å²) in [6, 6.07) is 13.2. The lowest BCUT2D eigenvalue weighted by atomic mass is 9.86. The van der Waals surface area contributed by atoms with E-state index in [2.05, 4.69) is 46.4 Å². The largest absolute Gasteiger partial charge is 0.366 e. The van der Waals surface area contributed by atoms with E-state index >= 15 is 0 Å². The third kappa shape index (κ3) is 8.27. The Labute approximate surface area is 255 Å². The first kappa shape index (κ1) is 31.9. The van der Waals surface area contributed by atoms with Gasteiger partial charge in [0, 0.05) is 25.7 Å². The van der Waals surface area contributed by atoms with E-state index in [0.29, 0.717) is 10.0 Å². The van der Waals surface area contributed by atoms with Crippen LogP contribution in [-0.2, 0) is 20.2 Å². The molecular weight excluding hydrogens is 589 g/mol. The number of thiazole rings is 1. The number of carbonyl (C=O) groups is 3. The van der Waals surface area contributed by atoms with Crippen molar-refractivity contribution < 1.29 is 22.8 Å². The summed E-state index contributed by atoms with van der Waals surface area (Å²) in [6.45, 7) is 6.27. The van der Waals surface area contributed by atoms with Crippen molar-refractivity contribution in [3.8, 4) is 10.4 Å². The van der Waals surface area contributed by atoms with E-state index in [0.717, 1.165) is 24.0 Å². The third-order valence-electron chi connectivity index (χ3n) is 6.74. The lowest BCUT2D eigenvalue weighted by Crippen LogP contribution is -2.39. The molecule has 0 saturated heterocycles. The summed E-state index contributed by atoms with van der Waals surface area (Å²) < 4.78 is 27.5. The van der Waals surface area contributed by atoms with Crippen LogP contribution in [0.4, 0.5) is 5.13 Å². The summed E-state index contributed by atoms with van der Waals surface area (Å²) in [5.74, 6) is -1.54. The smallest absolute Gasteiger partial charge is 0.276 e. The van der Waals surface area contributed by atoms with Crippen LogP contribution < -0.4 is 26.4 Å². The minimum absolute atomic E-state index is 0.0180. The average molecular weight is 625 g/mol. The van der Waals surface area contributed by atoms with Crippen LogP contribution >= 0.6 is 11.3 Å². The predicted molar refractivity (Wildman–Crippen MR) is 167 cm³/mol. The van der Waals surface area contributed by atoms with E-state index in [1.807, 2.05) is 24.3 Å². The first-order valence-corrected chi connectivity index (χ1v) is 16.1. The van der Waals surface area contributed by atoms with Gasteiger partial charge in [0.2, 0.25) is 15.9 Å². The van der Waals surface area contributed by atoms with Gasteiger partial charge < -0.3 is 21.7 Å². The predicted octanol–water partition coefficient (Wildman–Crippen LogP) is 3.37. The van der Waals surface area contributed by atoms with Gasteiger partial charge in [-0.15, -0.1) is 0 Å². The molecule has 0 spiro atoms. The first-order chi connectivity index (χ1) is 20.3. The average Bonchev–Trinajstić information content (AvgIpc) is 3.68. The Morgan fingerprint density at radius 1 is 1.02 bits per heavy atom. The molecule has 13 heteroatoms. The number of sulfonamides is 1. The van der Waals surface area contributed by atoms with Crippen LogP contribution in [0.3, 0.4) is 0 Å². The van der Waals surface area contributed by atoms with Gasteiger partial charge in [0.15, 0.2) is 5.13 Å². The second-order valence-corrected chi connectivity index (χ2v) is 14.0. The van der Waals surface area contributed by atoms with Crippen molar-refractivity contribution in [3.63, 3.8) is 0 Å². The van der Waals surface area contributed by atoms with E-state index in [-0.39, 0.29) is 46.3 Å². The Balaban J connectivity index is 1.42. The summed E-state index contributed by atoms with van der Waals surface area (Å²) >= 11 is 1.34. The maximum atomic E-state index is 13.5. The third-order valence-corrected chi connectivity index (χ3v) is 9.34. The minimum atomic E-state index is -3.88. The summed E-state index contributed by atoms with van der Waals surface area (Å²) in [5, 5.41) is 8.95. The monoisotopic (exact) mass is 624 g/mol. The highest BCUT2D eigenvalue weighted by molar-refractivity contribution is 7.89. The van der Waals surface area contributed by atoms with Gasteiger partial charge in [-0.05, 0) is 59.6 Å². The van der Waals surface area contributed by atoms with Crippen molar-refractivity contribution in [2.24, 2.45) is 11.7 Å². The zero-order chi connectivity index (χ0) is 31.4. The van der Waals surface area contributed by atoms with Crippen LogP contribution in [0.2, 0.25) is 0 Å². The number of anilines is 1. The van der Waals surface area contributed by atoms with E-state index in [1.54, 1.807) is 13.1 Å². The Bertz CT molecular complexity index is 1640. The first-order valence-electron chi connectivity index (χ1n) is 13.8. The van der Waals surface area contributed by atoms with E-state index in [1.165, 1.54) is 35.6 Å². The molecule has 1 saturated carbocycles. The van der Waals surface area contributed by atoms with E-state index < -0.39 is 27.7 Å². The normalized spacial score (nSPS) is 13.8. The highest BCUT2D eigenvalue weighted by Gasteiger charge is 2.26. The number of allylic oxidation sites excluding steroid dienone is 1. The SMILES string of the molecule is CNc1nc(C(=O)N/C(=C/C2CC2)C(=O)NCCNS(=O)(=O)c2ccc(C(N)=O)cc2)c(-c2ccc(C(C)(C)C)cc2)s1. The van der Waals surface area contributed by atoms with Crippen LogP contribution in [0.5, 0.6) is 0 Å². The fourth-order valence-corrected chi connectivity index (χ4v) is 6.04. The lowest BCUT2D eigenvalue weighted by Gasteiger charge is -2.19. The number of nitrogens with one attached hydrogen (secondary N) is 4. The molecule has 1 aliphatic carbocycles. The van der Waals surface area contributed by atoms with Gasteiger partial charge in [-0.2, -0.15) is 0 Å². The Morgan fingerprint density at radius 3 is 2.23 bits per heavy atom. The second kappa shape index (κ2) is 13.1. The second-order valence-electron chi connectivity index (χ2n) is 11.2. The fourth-order valence-electron chi connectivity index (χ4n) is 4.09. The fraction of sp³-hybridized carbons (Fsp3) is 0.333. The molecule has 0 atom stereocenters. The number of aromatic nitrogens is 1. The quantitative estimate of drug-likeness (QED) is 0.152. The highest BCUT2D eigenvalue weighted by Crippen LogP contribution is 2.35. The van der Waals surface area contributed by atoms with E-state index in [4.69, 9.17) is 5.73 Å². The van der Waals surface area contributed by atoms with Gasteiger partial charge >= 0.3 is 0 Å². The maximum absolute atomic E-state index is 13.5. The van der Waals surface area contributed by atoms with Crippen LogP contribution in [0.25, 0.3) is 10.4 Å². The lowest BCUT2D eigenvalue weighted by molar-refractivity contribution is -0.117. The number of hydrogen-bond donors (Lipinski definition) is 5. The summed E-state index contributed by atoms with van der Waals surface area (Å²) in [5.41, 5.74) is 7.66. The number of nitrogens with zero attached hydrogens (tertiary/aromatic N) is 1. The van der Waals surface area contributed by atoms with Crippen molar-refractivity contribution in [2.75, 3.05) is 25.5 Å². The molecule has 0 radical (unpaired) electrons. The molecule has 0 unspecified atom stereocenters. The van der Waals surface area contributed by atoms with Crippen molar-refractivity contribution in [3.05, 3.63) is 77.1 Å². The van der Waals surface area contributed by atoms with Crippen molar-refractivity contribution in [2.45, 2.75) is 43.9 Å². The van der Waals surface area contributed by atoms with Gasteiger partial charge in [-0.25, -0.2) is 18.1 Å². The van der Waals surface area contributed by atoms with Crippen molar-refractivity contribution in [1.29, 1.82) is 0 Å².